The molecule has 17 heavy (non-hydrogen) atoms. The number of aryl methyl sites for hydroxylation is 3. The SMILES string of the molecule is Cc1cccc(C)c1CS(=O)c1ccoc1C. The van der Waals surface area contributed by atoms with Crippen molar-refractivity contribution in [2.45, 2.75) is 31.4 Å². The lowest BCUT2D eigenvalue weighted by molar-refractivity contribution is 0.526. The Balaban J connectivity index is 2.28. The average Bonchev–Trinajstić information content (AvgIpc) is 2.70. The van der Waals surface area contributed by atoms with Crippen molar-refractivity contribution < 1.29 is 8.63 Å². The van der Waals surface area contributed by atoms with Gasteiger partial charge in [-0.05, 0) is 43.5 Å². The fourth-order valence-electron chi connectivity index (χ4n) is 1.90. The molecule has 1 aromatic heterocycles. The van der Waals surface area contributed by atoms with Crippen molar-refractivity contribution in [1.29, 1.82) is 0 Å². The molecule has 1 heterocycles. The molecule has 1 unspecified atom stereocenters. The van der Waals surface area contributed by atoms with Crippen molar-refractivity contribution >= 4 is 10.8 Å². The lowest BCUT2D eigenvalue weighted by Gasteiger charge is -2.08. The van der Waals surface area contributed by atoms with Gasteiger partial charge in [0.1, 0.15) is 5.76 Å². The van der Waals surface area contributed by atoms with Crippen molar-refractivity contribution in [2.24, 2.45) is 0 Å². The van der Waals surface area contributed by atoms with Crippen LogP contribution in [-0.2, 0) is 16.6 Å². The molecule has 0 saturated heterocycles. The van der Waals surface area contributed by atoms with E-state index in [1.165, 1.54) is 16.7 Å². The Kier molecular flexibility index (Phi) is 3.48. The first kappa shape index (κ1) is 12.1. The molecule has 1 aromatic carbocycles. The Labute approximate surface area is 104 Å². The van der Waals surface area contributed by atoms with Crippen molar-refractivity contribution in [3.8, 4) is 0 Å². The van der Waals surface area contributed by atoms with Crippen molar-refractivity contribution in [3.05, 3.63) is 53.0 Å². The molecule has 0 aliphatic rings. The maximum Gasteiger partial charge on any atom is 0.116 e. The molecule has 90 valence electrons. The monoisotopic (exact) mass is 248 g/mol. The number of rotatable bonds is 3. The number of hydrogen-bond donors (Lipinski definition) is 0. The second-order valence-corrected chi connectivity index (χ2v) is 5.62. The summed E-state index contributed by atoms with van der Waals surface area (Å²) in [6.45, 7) is 5.96. The van der Waals surface area contributed by atoms with Gasteiger partial charge >= 0.3 is 0 Å². The molecule has 2 rings (SSSR count). The third-order valence-electron chi connectivity index (χ3n) is 2.98. The van der Waals surface area contributed by atoms with Crippen molar-refractivity contribution in [1.82, 2.24) is 0 Å². The molecule has 1 atom stereocenters. The molecule has 3 heteroatoms. The first-order valence-corrected chi connectivity index (χ1v) is 6.89. The third kappa shape index (κ3) is 2.50. The van der Waals surface area contributed by atoms with Gasteiger partial charge < -0.3 is 4.42 Å². The van der Waals surface area contributed by atoms with Crippen molar-refractivity contribution in [2.75, 3.05) is 0 Å². The number of benzene rings is 1. The summed E-state index contributed by atoms with van der Waals surface area (Å²) in [6.07, 6.45) is 1.59. The predicted octanol–water partition coefficient (Wildman–Crippen LogP) is 3.51. The fourth-order valence-corrected chi connectivity index (χ4v) is 3.34. The summed E-state index contributed by atoms with van der Waals surface area (Å²) < 4.78 is 17.4. The van der Waals surface area contributed by atoms with Gasteiger partial charge in [-0.3, -0.25) is 4.21 Å². The largest absolute Gasteiger partial charge is 0.468 e. The Morgan fingerprint density at radius 1 is 1.12 bits per heavy atom. The minimum absolute atomic E-state index is 0.554. The molecule has 0 aliphatic heterocycles. The molecule has 0 aliphatic carbocycles. The summed E-state index contributed by atoms with van der Waals surface area (Å²) >= 11 is 0. The van der Waals surface area contributed by atoms with E-state index >= 15 is 0 Å². The molecular formula is C14H16O2S. The van der Waals surface area contributed by atoms with Gasteiger partial charge in [-0.25, -0.2) is 0 Å². The van der Waals surface area contributed by atoms with E-state index < -0.39 is 10.8 Å². The van der Waals surface area contributed by atoms with Crippen LogP contribution >= 0.6 is 0 Å². The van der Waals surface area contributed by atoms with Crippen LogP contribution in [0.4, 0.5) is 0 Å². The Hall–Kier alpha value is -1.35. The molecule has 0 saturated carbocycles. The summed E-state index contributed by atoms with van der Waals surface area (Å²) in [7, 11) is -1.03. The normalized spacial score (nSPS) is 12.6. The molecule has 0 fully saturated rings. The van der Waals surface area contributed by atoms with E-state index in [-0.39, 0.29) is 0 Å². The number of hydrogen-bond acceptors (Lipinski definition) is 2. The lowest BCUT2D eigenvalue weighted by atomic mass is 10.1. The van der Waals surface area contributed by atoms with E-state index in [1.54, 1.807) is 12.3 Å². The molecule has 0 radical (unpaired) electrons. The highest BCUT2D eigenvalue weighted by molar-refractivity contribution is 7.84. The summed E-state index contributed by atoms with van der Waals surface area (Å²) in [6, 6.07) is 7.93. The van der Waals surface area contributed by atoms with Gasteiger partial charge in [-0.2, -0.15) is 0 Å². The summed E-state index contributed by atoms with van der Waals surface area (Å²) in [5, 5.41) is 0. The zero-order valence-corrected chi connectivity index (χ0v) is 11.1. The predicted molar refractivity (Wildman–Crippen MR) is 69.5 cm³/mol. The van der Waals surface area contributed by atoms with Crippen LogP contribution < -0.4 is 0 Å². The zero-order valence-electron chi connectivity index (χ0n) is 10.3. The molecule has 0 bridgehead atoms. The van der Waals surface area contributed by atoms with Gasteiger partial charge in [0, 0.05) is 0 Å². The van der Waals surface area contributed by atoms with Crippen LogP contribution in [0.2, 0.25) is 0 Å². The first-order valence-electron chi connectivity index (χ1n) is 5.57. The van der Waals surface area contributed by atoms with E-state index in [9.17, 15) is 4.21 Å². The average molecular weight is 248 g/mol. The second kappa shape index (κ2) is 4.88. The fraction of sp³-hybridized carbons (Fsp3) is 0.286. The summed E-state index contributed by atoms with van der Waals surface area (Å²) in [5.74, 6) is 1.30. The van der Waals surface area contributed by atoms with E-state index in [1.807, 2.05) is 13.0 Å². The van der Waals surface area contributed by atoms with E-state index in [0.717, 1.165) is 10.7 Å². The maximum atomic E-state index is 12.3. The van der Waals surface area contributed by atoms with Gasteiger partial charge in [0.2, 0.25) is 0 Å². The minimum atomic E-state index is -1.03. The quantitative estimate of drug-likeness (QED) is 0.832. The Morgan fingerprint density at radius 2 is 1.76 bits per heavy atom. The Morgan fingerprint density at radius 3 is 2.29 bits per heavy atom. The molecule has 0 spiro atoms. The van der Waals surface area contributed by atoms with Crippen LogP contribution in [0.1, 0.15) is 22.5 Å². The smallest absolute Gasteiger partial charge is 0.116 e. The second-order valence-electron chi connectivity index (χ2n) is 4.20. The molecular weight excluding hydrogens is 232 g/mol. The number of furan rings is 1. The highest BCUT2D eigenvalue weighted by atomic mass is 32.2. The van der Waals surface area contributed by atoms with Gasteiger partial charge in [0.25, 0.3) is 0 Å². The molecule has 2 nitrogen and oxygen atoms in total. The molecule has 2 aromatic rings. The van der Waals surface area contributed by atoms with Crippen molar-refractivity contribution in [3.63, 3.8) is 0 Å². The molecule has 0 amide bonds. The van der Waals surface area contributed by atoms with E-state index in [2.05, 4.69) is 26.0 Å². The summed E-state index contributed by atoms with van der Waals surface area (Å²) in [5.41, 5.74) is 3.56. The lowest BCUT2D eigenvalue weighted by Crippen LogP contribution is -2.01. The molecule has 0 N–H and O–H groups in total. The van der Waals surface area contributed by atoms with Crippen LogP contribution in [0.15, 0.2) is 39.8 Å². The Bertz CT molecular complexity index is 535. The van der Waals surface area contributed by atoms with E-state index in [4.69, 9.17) is 4.42 Å². The van der Waals surface area contributed by atoms with Crippen LogP contribution in [-0.4, -0.2) is 4.21 Å². The van der Waals surface area contributed by atoms with Gasteiger partial charge in [-0.15, -0.1) is 0 Å². The first-order chi connectivity index (χ1) is 8.09. The van der Waals surface area contributed by atoms with Crippen LogP contribution in [0.3, 0.4) is 0 Å². The summed E-state index contributed by atoms with van der Waals surface area (Å²) in [4.78, 5) is 0.799. The van der Waals surface area contributed by atoms with Gasteiger partial charge in [0.05, 0.1) is 27.7 Å². The zero-order chi connectivity index (χ0) is 12.4. The van der Waals surface area contributed by atoms with Crippen LogP contribution in [0.5, 0.6) is 0 Å². The van der Waals surface area contributed by atoms with Crippen LogP contribution in [0.25, 0.3) is 0 Å². The van der Waals surface area contributed by atoms with Gasteiger partial charge in [0.15, 0.2) is 0 Å². The minimum Gasteiger partial charge on any atom is -0.468 e. The standard InChI is InChI=1S/C14H16O2S/c1-10-5-4-6-11(2)13(10)9-17(15)14-7-8-16-12(14)3/h4-8H,9H2,1-3H3. The highest BCUT2D eigenvalue weighted by Crippen LogP contribution is 2.21. The topological polar surface area (TPSA) is 30.2 Å². The third-order valence-corrected chi connectivity index (χ3v) is 4.44. The van der Waals surface area contributed by atoms with E-state index in [0.29, 0.717) is 5.75 Å². The van der Waals surface area contributed by atoms with Gasteiger partial charge in [-0.1, -0.05) is 18.2 Å². The highest BCUT2D eigenvalue weighted by Gasteiger charge is 2.12. The maximum absolute atomic E-state index is 12.3. The van der Waals surface area contributed by atoms with Crippen LogP contribution in [0, 0.1) is 20.8 Å².